The number of hydrogen-bond donors (Lipinski definition) is 1. The van der Waals surface area contributed by atoms with E-state index in [4.69, 9.17) is 15.2 Å². The molecule has 1 amide bonds. The summed E-state index contributed by atoms with van der Waals surface area (Å²) in [5.74, 6) is 0.668. The molecular formula is C15H25ClN2O3. The van der Waals surface area contributed by atoms with Gasteiger partial charge in [-0.3, -0.25) is 4.79 Å². The third kappa shape index (κ3) is 6.80. The number of hydrogen-bond acceptors (Lipinski definition) is 4. The first-order valence-electron chi connectivity index (χ1n) is 6.69. The number of methoxy groups -OCH3 is 1. The van der Waals surface area contributed by atoms with Gasteiger partial charge in [-0.25, -0.2) is 0 Å². The lowest BCUT2D eigenvalue weighted by Crippen LogP contribution is -2.44. The quantitative estimate of drug-likeness (QED) is 0.833. The van der Waals surface area contributed by atoms with E-state index in [0.29, 0.717) is 6.54 Å². The molecule has 1 rings (SSSR count). The number of nitrogens with zero attached hydrogens (tertiary/aromatic N) is 1. The molecule has 2 N–H and O–H groups in total. The Kier molecular flexibility index (Phi) is 9.01. The molecule has 0 radical (unpaired) electrons. The molecule has 5 nitrogen and oxygen atoms in total. The Labute approximate surface area is 132 Å². The molecule has 1 unspecified atom stereocenters. The minimum Gasteiger partial charge on any atom is -0.491 e. The summed E-state index contributed by atoms with van der Waals surface area (Å²) in [5, 5.41) is 0. The average molecular weight is 317 g/mol. The molecule has 0 saturated carbocycles. The van der Waals surface area contributed by atoms with Gasteiger partial charge in [0.2, 0.25) is 5.91 Å². The van der Waals surface area contributed by atoms with Crippen molar-refractivity contribution < 1.29 is 14.3 Å². The van der Waals surface area contributed by atoms with Gasteiger partial charge in [0.25, 0.3) is 0 Å². The molecule has 1 atom stereocenters. The summed E-state index contributed by atoms with van der Waals surface area (Å²) in [7, 11) is 3.26. The predicted octanol–water partition coefficient (Wildman–Crippen LogP) is 1.83. The number of likely N-dealkylation sites (N-methyl/N-ethyl adjacent to an activating group) is 1. The fourth-order valence-corrected chi connectivity index (χ4v) is 1.88. The first-order chi connectivity index (χ1) is 9.43. The first-order valence-corrected chi connectivity index (χ1v) is 6.69. The average Bonchev–Trinajstić information content (AvgIpc) is 2.37. The SMILES string of the molecule is COCC(N)C(=O)N(C)Cc1cccc(OC(C)C)c1.Cl. The molecule has 21 heavy (non-hydrogen) atoms. The zero-order valence-corrected chi connectivity index (χ0v) is 13.9. The summed E-state index contributed by atoms with van der Waals surface area (Å²) in [5.41, 5.74) is 6.74. The monoisotopic (exact) mass is 316 g/mol. The van der Waals surface area contributed by atoms with E-state index in [1.807, 2.05) is 38.1 Å². The van der Waals surface area contributed by atoms with Crippen molar-refractivity contribution in [3.05, 3.63) is 29.8 Å². The lowest BCUT2D eigenvalue weighted by molar-refractivity contribution is -0.132. The number of amides is 1. The van der Waals surface area contributed by atoms with E-state index < -0.39 is 6.04 Å². The Morgan fingerprint density at radius 2 is 2.05 bits per heavy atom. The second kappa shape index (κ2) is 9.60. The van der Waals surface area contributed by atoms with Crippen LogP contribution in [0, 0.1) is 0 Å². The van der Waals surface area contributed by atoms with Crippen molar-refractivity contribution in [1.82, 2.24) is 4.90 Å². The molecule has 0 aliphatic rings. The molecule has 0 heterocycles. The van der Waals surface area contributed by atoms with Crippen molar-refractivity contribution in [2.24, 2.45) is 5.73 Å². The summed E-state index contributed by atoms with van der Waals surface area (Å²) in [4.78, 5) is 13.6. The minimum absolute atomic E-state index is 0. The van der Waals surface area contributed by atoms with Crippen molar-refractivity contribution in [1.29, 1.82) is 0 Å². The third-order valence-electron chi connectivity index (χ3n) is 2.73. The van der Waals surface area contributed by atoms with Gasteiger partial charge >= 0.3 is 0 Å². The van der Waals surface area contributed by atoms with Gasteiger partial charge in [0.1, 0.15) is 11.8 Å². The van der Waals surface area contributed by atoms with Crippen LogP contribution in [0.2, 0.25) is 0 Å². The number of benzene rings is 1. The van der Waals surface area contributed by atoms with E-state index >= 15 is 0 Å². The van der Waals surface area contributed by atoms with Crippen molar-refractivity contribution in [3.63, 3.8) is 0 Å². The highest BCUT2D eigenvalue weighted by atomic mass is 35.5. The van der Waals surface area contributed by atoms with Crippen LogP contribution in [0.25, 0.3) is 0 Å². The molecule has 0 fully saturated rings. The lowest BCUT2D eigenvalue weighted by Gasteiger charge is -2.21. The molecule has 0 spiro atoms. The van der Waals surface area contributed by atoms with Crippen molar-refractivity contribution >= 4 is 18.3 Å². The molecule has 0 aliphatic heterocycles. The number of carbonyl (C=O) groups excluding carboxylic acids is 1. The molecule has 0 aliphatic carbocycles. The minimum atomic E-state index is -0.625. The van der Waals surface area contributed by atoms with E-state index in [9.17, 15) is 4.79 Å². The summed E-state index contributed by atoms with van der Waals surface area (Å²) >= 11 is 0. The Hall–Kier alpha value is -1.30. The number of halogens is 1. The largest absolute Gasteiger partial charge is 0.491 e. The van der Waals surface area contributed by atoms with Gasteiger partial charge in [-0.2, -0.15) is 0 Å². The second-order valence-electron chi connectivity index (χ2n) is 5.07. The van der Waals surface area contributed by atoms with E-state index in [1.54, 1.807) is 11.9 Å². The lowest BCUT2D eigenvalue weighted by atomic mass is 10.2. The number of nitrogens with two attached hydrogens (primary N) is 1. The van der Waals surface area contributed by atoms with Crippen molar-refractivity contribution in [2.45, 2.75) is 32.5 Å². The van der Waals surface area contributed by atoms with Crippen LogP contribution in [-0.4, -0.2) is 43.7 Å². The van der Waals surface area contributed by atoms with Crippen LogP contribution in [0.15, 0.2) is 24.3 Å². The maximum Gasteiger partial charge on any atom is 0.241 e. The van der Waals surface area contributed by atoms with E-state index in [-0.39, 0.29) is 31.0 Å². The molecule has 1 aromatic carbocycles. The Morgan fingerprint density at radius 1 is 1.38 bits per heavy atom. The molecular weight excluding hydrogens is 292 g/mol. The zero-order chi connectivity index (χ0) is 15.1. The number of ether oxygens (including phenoxy) is 2. The molecule has 120 valence electrons. The van der Waals surface area contributed by atoms with Gasteiger partial charge < -0.3 is 20.1 Å². The Morgan fingerprint density at radius 3 is 2.62 bits per heavy atom. The van der Waals surface area contributed by atoms with Crippen LogP contribution >= 0.6 is 12.4 Å². The fourth-order valence-electron chi connectivity index (χ4n) is 1.88. The normalized spacial score (nSPS) is 11.7. The predicted molar refractivity (Wildman–Crippen MR) is 85.8 cm³/mol. The van der Waals surface area contributed by atoms with Crippen molar-refractivity contribution in [2.75, 3.05) is 20.8 Å². The standard InChI is InChI=1S/C15H24N2O3.ClH/c1-11(2)20-13-7-5-6-12(8-13)9-17(3)15(18)14(16)10-19-4;/h5-8,11,14H,9-10,16H2,1-4H3;1H. The highest BCUT2D eigenvalue weighted by Crippen LogP contribution is 2.16. The van der Waals surface area contributed by atoms with Crippen LogP contribution in [-0.2, 0) is 16.1 Å². The third-order valence-corrected chi connectivity index (χ3v) is 2.73. The maximum absolute atomic E-state index is 12.0. The summed E-state index contributed by atoms with van der Waals surface area (Å²) in [6.07, 6.45) is 0.125. The summed E-state index contributed by atoms with van der Waals surface area (Å²) in [6, 6.07) is 7.09. The first kappa shape index (κ1) is 19.7. The van der Waals surface area contributed by atoms with Gasteiger partial charge in [0.15, 0.2) is 0 Å². The van der Waals surface area contributed by atoms with Crippen LogP contribution < -0.4 is 10.5 Å². The molecule has 0 bridgehead atoms. The van der Waals surface area contributed by atoms with Crippen molar-refractivity contribution in [3.8, 4) is 5.75 Å². The van der Waals surface area contributed by atoms with Gasteiger partial charge in [-0.05, 0) is 31.5 Å². The van der Waals surface area contributed by atoms with E-state index in [1.165, 1.54) is 7.11 Å². The van der Waals surface area contributed by atoms with Crippen LogP contribution in [0.4, 0.5) is 0 Å². The smallest absolute Gasteiger partial charge is 0.241 e. The maximum atomic E-state index is 12.0. The molecule has 0 aromatic heterocycles. The fraction of sp³-hybridized carbons (Fsp3) is 0.533. The molecule has 6 heteroatoms. The number of carbonyl (C=O) groups is 1. The van der Waals surface area contributed by atoms with Gasteiger partial charge in [0, 0.05) is 20.7 Å². The Bertz CT molecular complexity index is 441. The second-order valence-corrected chi connectivity index (χ2v) is 5.07. The zero-order valence-electron chi connectivity index (χ0n) is 13.0. The highest BCUT2D eigenvalue weighted by molar-refractivity contribution is 5.85. The van der Waals surface area contributed by atoms with E-state index in [0.717, 1.165) is 11.3 Å². The number of rotatable bonds is 7. The highest BCUT2D eigenvalue weighted by Gasteiger charge is 2.18. The topological polar surface area (TPSA) is 64.8 Å². The van der Waals surface area contributed by atoms with Crippen LogP contribution in [0.5, 0.6) is 5.75 Å². The Balaban J connectivity index is 0.00000400. The van der Waals surface area contributed by atoms with Gasteiger partial charge in [-0.1, -0.05) is 12.1 Å². The molecule has 0 saturated heterocycles. The van der Waals surface area contributed by atoms with Crippen LogP contribution in [0.3, 0.4) is 0 Å². The van der Waals surface area contributed by atoms with Gasteiger partial charge in [-0.15, -0.1) is 12.4 Å². The molecule has 1 aromatic rings. The summed E-state index contributed by atoms with van der Waals surface area (Å²) in [6.45, 7) is 4.67. The van der Waals surface area contributed by atoms with E-state index in [2.05, 4.69) is 0 Å². The van der Waals surface area contributed by atoms with Gasteiger partial charge in [0.05, 0.1) is 12.7 Å². The van der Waals surface area contributed by atoms with Crippen LogP contribution in [0.1, 0.15) is 19.4 Å². The summed E-state index contributed by atoms with van der Waals surface area (Å²) < 4.78 is 10.5.